The number of nitrogens with zero attached hydrogens (tertiary/aromatic N) is 2. The molecule has 0 fully saturated rings. The fraction of sp³-hybridized carbons (Fsp3) is 0.750. The van der Waals surface area contributed by atoms with E-state index in [1.54, 1.807) is 0 Å². The first-order chi connectivity index (χ1) is 7.22. The van der Waals surface area contributed by atoms with Crippen molar-refractivity contribution in [3.05, 3.63) is 18.0 Å². The summed E-state index contributed by atoms with van der Waals surface area (Å²) in [6.07, 6.45) is 7.69. The first-order valence-electron chi connectivity index (χ1n) is 5.88. The molecule has 0 aromatic carbocycles. The van der Waals surface area contributed by atoms with Gasteiger partial charge in [0.15, 0.2) is 0 Å². The number of hydrogen-bond acceptors (Lipinski definition) is 2. The van der Waals surface area contributed by atoms with Crippen LogP contribution in [0.2, 0.25) is 0 Å². The molecule has 0 spiro atoms. The zero-order valence-electron chi connectivity index (χ0n) is 10.2. The predicted octanol–water partition coefficient (Wildman–Crippen LogP) is 2.08. The summed E-state index contributed by atoms with van der Waals surface area (Å²) in [5.74, 6) is 0.752. The third kappa shape index (κ3) is 4.98. The van der Waals surface area contributed by atoms with Gasteiger partial charge in [0.2, 0.25) is 0 Å². The zero-order chi connectivity index (χ0) is 11.1. The Morgan fingerprint density at radius 3 is 2.93 bits per heavy atom. The number of rotatable bonds is 7. The fourth-order valence-electron chi connectivity index (χ4n) is 1.52. The lowest BCUT2D eigenvalue weighted by Crippen LogP contribution is -2.08. The highest BCUT2D eigenvalue weighted by Gasteiger charge is 1.99. The van der Waals surface area contributed by atoms with Crippen molar-refractivity contribution in [2.45, 2.75) is 39.7 Å². The Morgan fingerprint density at radius 1 is 1.47 bits per heavy atom. The molecule has 3 heteroatoms. The maximum absolute atomic E-state index is 4.36. The Hall–Kier alpha value is -0.830. The molecule has 1 aromatic heterocycles. The van der Waals surface area contributed by atoms with E-state index in [1.807, 2.05) is 13.2 Å². The van der Waals surface area contributed by atoms with E-state index in [1.165, 1.54) is 18.4 Å². The molecule has 15 heavy (non-hydrogen) atoms. The number of nitrogens with one attached hydrogen (secondary N) is 1. The second-order valence-corrected chi connectivity index (χ2v) is 4.50. The summed E-state index contributed by atoms with van der Waals surface area (Å²) in [5.41, 5.74) is 1.36. The minimum absolute atomic E-state index is 0.752. The molecular formula is C12H23N3. The van der Waals surface area contributed by atoms with Crippen molar-refractivity contribution in [3.63, 3.8) is 0 Å². The molecule has 1 rings (SSSR count). The Balaban J connectivity index is 2.29. The molecule has 1 N–H and O–H groups in total. The third-order valence-electron chi connectivity index (χ3n) is 2.51. The predicted molar refractivity (Wildman–Crippen MR) is 63.9 cm³/mol. The van der Waals surface area contributed by atoms with Crippen molar-refractivity contribution < 1.29 is 0 Å². The van der Waals surface area contributed by atoms with Gasteiger partial charge >= 0.3 is 0 Å². The lowest BCUT2D eigenvalue weighted by molar-refractivity contribution is 0.487. The fourth-order valence-corrected chi connectivity index (χ4v) is 1.52. The van der Waals surface area contributed by atoms with Crippen LogP contribution in [0, 0.1) is 5.92 Å². The van der Waals surface area contributed by atoms with Gasteiger partial charge in [-0.15, -0.1) is 0 Å². The summed E-state index contributed by atoms with van der Waals surface area (Å²) in [5, 5.41) is 7.52. The monoisotopic (exact) mass is 209 g/mol. The molecule has 0 radical (unpaired) electrons. The van der Waals surface area contributed by atoms with Gasteiger partial charge in [0.1, 0.15) is 0 Å². The van der Waals surface area contributed by atoms with Gasteiger partial charge < -0.3 is 5.32 Å². The molecule has 0 saturated heterocycles. The van der Waals surface area contributed by atoms with Crippen LogP contribution >= 0.6 is 0 Å². The van der Waals surface area contributed by atoms with Crippen LogP contribution in [0.5, 0.6) is 0 Å². The van der Waals surface area contributed by atoms with Crippen LogP contribution in [-0.4, -0.2) is 23.4 Å². The Labute approximate surface area is 92.9 Å². The van der Waals surface area contributed by atoms with E-state index in [-0.39, 0.29) is 0 Å². The summed E-state index contributed by atoms with van der Waals surface area (Å²) in [6.45, 7) is 6.62. The van der Waals surface area contributed by atoms with E-state index in [0.29, 0.717) is 0 Å². The number of aryl methyl sites for hydroxylation is 2. The summed E-state index contributed by atoms with van der Waals surface area (Å²) in [7, 11) is 1.99. The molecule has 0 atom stereocenters. The zero-order valence-corrected chi connectivity index (χ0v) is 10.2. The lowest BCUT2D eigenvalue weighted by atomic mass is 10.1. The molecule has 0 saturated carbocycles. The van der Waals surface area contributed by atoms with Crippen LogP contribution in [0.15, 0.2) is 12.4 Å². The smallest absolute Gasteiger partial charge is 0.0521 e. The van der Waals surface area contributed by atoms with Crippen LogP contribution in [0.1, 0.15) is 32.3 Å². The molecule has 0 aliphatic rings. The second-order valence-electron chi connectivity index (χ2n) is 4.50. The van der Waals surface area contributed by atoms with Crippen LogP contribution in [-0.2, 0) is 13.0 Å². The normalized spacial score (nSPS) is 11.2. The summed E-state index contributed by atoms with van der Waals surface area (Å²) in [6, 6.07) is 0. The van der Waals surface area contributed by atoms with Gasteiger partial charge in [0.25, 0.3) is 0 Å². The van der Waals surface area contributed by atoms with Gasteiger partial charge in [0, 0.05) is 12.7 Å². The van der Waals surface area contributed by atoms with Gasteiger partial charge in [-0.1, -0.05) is 13.8 Å². The minimum atomic E-state index is 0.752. The first-order valence-corrected chi connectivity index (χ1v) is 5.88. The van der Waals surface area contributed by atoms with Crippen molar-refractivity contribution in [1.82, 2.24) is 15.1 Å². The maximum atomic E-state index is 4.36. The number of aromatic nitrogens is 2. The lowest BCUT2D eigenvalue weighted by Gasteiger charge is -2.03. The Kier molecular flexibility index (Phi) is 5.40. The molecule has 1 aromatic rings. The van der Waals surface area contributed by atoms with Gasteiger partial charge in [-0.05, 0) is 44.3 Å². The summed E-state index contributed by atoms with van der Waals surface area (Å²) < 4.78 is 2.06. The van der Waals surface area contributed by atoms with E-state index in [2.05, 4.69) is 35.1 Å². The largest absolute Gasteiger partial charge is 0.320 e. The van der Waals surface area contributed by atoms with Crippen LogP contribution < -0.4 is 5.32 Å². The van der Waals surface area contributed by atoms with Gasteiger partial charge in [-0.2, -0.15) is 5.10 Å². The van der Waals surface area contributed by atoms with E-state index < -0.39 is 0 Å². The van der Waals surface area contributed by atoms with E-state index >= 15 is 0 Å². The van der Waals surface area contributed by atoms with Crippen molar-refractivity contribution >= 4 is 0 Å². The Morgan fingerprint density at radius 2 is 2.27 bits per heavy atom. The van der Waals surface area contributed by atoms with Gasteiger partial charge in [-0.3, -0.25) is 4.68 Å². The van der Waals surface area contributed by atoms with E-state index in [4.69, 9.17) is 0 Å². The van der Waals surface area contributed by atoms with Crippen molar-refractivity contribution in [3.8, 4) is 0 Å². The molecule has 0 bridgehead atoms. The summed E-state index contributed by atoms with van der Waals surface area (Å²) in [4.78, 5) is 0. The highest BCUT2D eigenvalue weighted by atomic mass is 15.3. The molecule has 1 heterocycles. The van der Waals surface area contributed by atoms with Crippen LogP contribution in [0.3, 0.4) is 0 Å². The van der Waals surface area contributed by atoms with Crippen molar-refractivity contribution in [1.29, 1.82) is 0 Å². The molecule has 0 aliphatic carbocycles. The average molecular weight is 209 g/mol. The topological polar surface area (TPSA) is 29.9 Å². The molecule has 0 unspecified atom stereocenters. The highest BCUT2D eigenvalue weighted by molar-refractivity contribution is 5.03. The van der Waals surface area contributed by atoms with Crippen LogP contribution in [0.4, 0.5) is 0 Å². The SMILES string of the molecule is CNCCCc1cnn(CCC(C)C)c1. The number of hydrogen-bond donors (Lipinski definition) is 1. The molecule has 86 valence electrons. The second kappa shape index (κ2) is 6.62. The van der Waals surface area contributed by atoms with Gasteiger partial charge in [-0.25, -0.2) is 0 Å². The molecule has 0 aliphatic heterocycles. The summed E-state index contributed by atoms with van der Waals surface area (Å²) >= 11 is 0. The molecule has 3 nitrogen and oxygen atoms in total. The van der Waals surface area contributed by atoms with Crippen molar-refractivity contribution in [2.75, 3.05) is 13.6 Å². The van der Waals surface area contributed by atoms with Crippen LogP contribution in [0.25, 0.3) is 0 Å². The molecule has 0 amide bonds. The van der Waals surface area contributed by atoms with Crippen molar-refractivity contribution in [2.24, 2.45) is 5.92 Å². The maximum Gasteiger partial charge on any atom is 0.0521 e. The standard InChI is InChI=1S/C12H23N3/c1-11(2)6-8-15-10-12(9-14-15)5-4-7-13-3/h9-11,13H,4-8H2,1-3H3. The van der Waals surface area contributed by atoms with Gasteiger partial charge in [0.05, 0.1) is 6.20 Å². The third-order valence-corrected chi connectivity index (χ3v) is 2.51. The average Bonchev–Trinajstić information content (AvgIpc) is 2.63. The quantitative estimate of drug-likeness (QED) is 0.697. The van der Waals surface area contributed by atoms with E-state index in [0.717, 1.165) is 25.4 Å². The minimum Gasteiger partial charge on any atom is -0.320 e. The van der Waals surface area contributed by atoms with E-state index in [9.17, 15) is 0 Å². The highest BCUT2D eigenvalue weighted by Crippen LogP contribution is 2.05. The first kappa shape index (κ1) is 12.2. The molecular weight excluding hydrogens is 186 g/mol. The Bertz CT molecular complexity index is 266.